The number of nitrogens with zero attached hydrogens (tertiary/aromatic N) is 2. The van der Waals surface area contributed by atoms with Crippen molar-refractivity contribution in [1.82, 2.24) is 14.8 Å². The predicted molar refractivity (Wildman–Crippen MR) is 101 cm³/mol. The van der Waals surface area contributed by atoms with E-state index in [0.717, 1.165) is 5.69 Å². The topological polar surface area (TPSA) is 37.3 Å². The molecule has 0 aliphatic carbocycles. The van der Waals surface area contributed by atoms with Crippen molar-refractivity contribution in [3.05, 3.63) is 90.3 Å². The summed E-state index contributed by atoms with van der Waals surface area (Å²) in [6, 6.07) is 21.9. The van der Waals surface area contributed by atoms with Crippen LogP contribution in [0.5, 0.6) is 0 Å². The Bertz CT molecular complexity index is 810. The lowest BCUT2D eigenvalue weighted by Crippen LogP contribution is -2.34. The van der Waals surface area contributed by atoms with E-state index in [0.29, 0.717) is 12.1 Å². The molecule has 0 radical (unpaired) electrons. The summed E-state index contributed by atoms with van der Waals surface area (Å²) in [6.45, 7) is 0.559. The second-order valence-electron chi connectivity index (χ2n) is 6.24. The number of hydrogen-bond acceptors (Lipinski definition) is 2. The van der Waals surface area contributed by atoms with Crippen molar-refractivity contribution in [2.75, 3.05) is 20.6 Å². The first-order valence-electron chi connectivity index (χ1n) is 8.38. The van der Waals surface area contributed by atoms with Crippen LogP contribution in [0.15, 0.2) is 79.1 Å². The third-order valence-electron chi connectivity index (χ3n) is 4.27. The number of likely N-dealkylation sites (N-methyl/N-ethyl adjacent to an activating group) is 1. The van der Waals surface area contributed by atoms with Crippen molar-refractivity contribution in [3.63, 3.8) is 0 Å². The fraction of sp³-hybridized carbons (Fsp3) is 0.190. The number of carbonyl (C=O) groups excluding carboxylic acids is 1. The summed E-state index contributed by atoms with van der Waals surface area (Å²) in [5.41, 5.74) is 2.83. The van der Waals surface area contributed by atoms with Gasteiger partial charge in [0.15, 0.2) is 0 Å². The molecule has 0 bridgehead atoms. The van der Waals surface area contributed by atoms with Crippen molar-refractivity contribution in [2.45, 2.75) is 6.04 Å². The molecule has 1 unspecified atom stereocenters. The predicted octanol–water partition coefficient (Wildman–Crippen LogP) is 3.51. The van der Waals surface area contributed by atoms with Gasteiger partial charge in [0.25, 0.3) is 5.91 Å². The zero-order valence-electron chi connectivity index (χ0n) is 14.6. The van der Waals surface area contributed by atoms with Gasteiger partial charge >= 0.3 is 0 Å². The molecule has 0 saturated carbocycles. The van der Waals surface area contributed by atoms with Gasteiger partial charge in [-0.05, 0) is 50.0 Å². The Hall–Kier alpha value is -2.85. The van der Waals surface area contributed by atoms with Crippen LogP contribution in [0.3, 0.4) is 0 Å². The smallest absolute Gasteiger partial charge is 0.251 e. The van der Waals surface area contributed by atoms with E-state index in [2.05, 4.69) is 22.3 Å². The maximum absolute atomic E-state index is 12.6. The van der Waals surface area contributed by atoms with Gasteiger partial charge in [-0.1, -0.05) is 36.4 Å². The largest absolute Gasteiger partial charge is 0.350 e. The van der Waals surface area contributed by atoms with Crippen LogP contribution in [0.4, 0.5) is 0 Å². The minimum atomic E-state index is -0.0585. The van der Waals surface area contributed by atoms with E-state index >= 15 is 0 Å². The Labute approximate surface area is 148 Å². The second-order valence-corrected chi connectivity index (χ2v) is 6.24. The molecule has 3 rings (SSSR count). The molecule has 1 N–H and O–H groups in total. The van der Waals surface area contributed by atoms with E-state index in [1.807, 2.05) is 85.7 Å². The van der Waals surface area contributed by atoms with Crippen LogP contribution >= 0.6 is 0 Å². The number of benzene rings is 2. The molecule has 0 spiro atoms. The van der Waals surface area contributed by atoms with E-state index in [4.69, 9.17) is 0 Å². The fourth-order valence-electron chi connectivity index (χ4n) is 2.88. The molecule has 2 aromatic carbocycles. The van der Waals surface area contributed by atoms with E-state index in [9.17, 15) is 4.79 Å². The summed E-state index contributed by atoms with van der Waals surface area (Å²) in [5.74, 6) is -0.0585. The van der Waals surface area contributed by atoms with E-state index in [1.165, 1.54) is 5.56 Å². The van der Waals surface area contributed by atoms with Gasteiger partial charge in [0.2, 0.25) is 0 Å². The number of nitrogens with one attached hydrogen (secondary N) is 1. The van der Waals surface area contributed by atoms with Gasteiger partial charge in [-0.3, -0.25) is 4.79 Å². The van der Waals surface area contributed by atoms with Crippen molar-refractivity contribution in [2.24, 2.45) is 0 Å². The van der Waals surface area contributed by atoms with Gasteiger partial charge in [0.05, 0.1) is 6.04 Å². The molecule has 1 heterocycles. The van der Waals surface area contributed by atoms with Gasteiger partial charge in [-0.2, -0.15) is 0 Å². The quantitative estimate of drug-likeness (QED) is 0.749. The monoisotopic (exact) mass is 333 g/mol. The first kappa shape index (κ1) is 17.0. The lowest BCUT2D eigenvalue weighted by atomic mass is 10.1. The first-order chi connectivity index (χ1) is 12.1. The Morgan fingerprint density at radius 2 is 1.72 bits per heavy atom. The summed E-state index contributed by atoms with van der Waals surface area (Å²) >= 11 is 0. The molecule has 25 heavy (non-hydrogen) atoms. The van der Waals surface area contributed by atoms with E-state index in [-0.39, 0.29) is 11.9 Å². The van der Waals surface area contributed by atoms with Crippen LogP contribution in [-0.2, 0) is 0 Å². The number of rotatable bonds is 6. The van der Waals surface area contributed by atoms with Crippen molar-refractivity contribution in [3.8, 4) is 5.69 Å². The van der Waals surface area contributed by atoms with Crippen molar-refractivity contribution < 1.29 is 4.79 Å². The molecule has 1 aromatic heterocycles. The van der Waals surface area contributed by atoms with Gasteiger partial charge in [-0.25, -0.2) is 0 Å². The molecule has 128 valence electrons. The molecule has 1 amide bonds. The summed E-state index contributed by atoms with van der Waals surface area (Å²) in [5, 5.41) is 3.06. The number of hydrogen-bond donors (Lipinski definition) is 1. The van der Waals surface area contributed by atoms with Crippen molar-refractivity contribution in [1.29, 1.82) is 0 Å². The molecule has 0 aliphatic heterocycles. The average Bonchev–Trinajstić information content (AvgIpc) is 3.17. The Morgan fingerprint density at radius 3 is 2.40 bits per heavy atom. The van der Waals surface area contributed by atoms with Gasteiger partial charge in [0, 0.05) is 30.2 Å². The molecular formula is C21H23N3O. The van der Waals surface area contributed by atoms with Crippen molar-refractivity contribution >= 4 is 5.91 Å². The molecule has 0 aliphatic rings. The summed E-state index contributed by atoms with van der Waals surface area (Å²) in [6.07, 6.45) is 3.93. The van der Waals surface area contributed by atoms with Gasteiger partial charge in [0.1, 0.15) is 0 Å². The molecule has 3 aromatic rings. The number of carbonyl (C=O) groups is 1. The van der Waals surface area contributed by atoms with E-state index < -0.39 is 0 Å². The third-order valence-corrected chi connectivity index (χ3v) is 4.27. The molecule has 1 atom stereocenters. The lowest BCUT2D eigenvalue weighted by Gasteiger charge is -2.25. The maximum atomic E-state index is 12.6. The molecule has 0 saturated heterocycles. The van der Waals surface area contributed by atoms with Crippen LogP contribution in [0.1, 0.15) is 22.0 Å². The van der Waals surface area contributed by atoms with Gasteiger partial charge in [-0.15, -0.1) is 0 Å². The lowest BCUT2D eigenvalue weighted by molar-refractivity contribution is 0.0942. The molecular weight excluding hydrogens is 310 g/mol. The standard InChI is InChI=1S/C21H23N3O/c1-23(2)20(17-9-4-3-5-10-17)16-22-21(25)18-11-8-12-19(15-18)24-13-6-7-14-24/h3-15,20H,16H2,1-2H3,(H,22,25). The fourth-order valence-corrected chi connectivity index (χ4v) is 2.88. The first-order valence-corrected chi connectivity index (χ1v) is 8.38. The summed E-state index contributed by atoms with van der Waals surface area (Å²) in [4.78, 5) is 14.7. The second kappa shape index (κ2) is 7.81. The zero-order valence-corrected chi connectivity index (χ0v) is 14.6. The SMILES string of the molecule is CN(C)C(CNC(=O)c1cccc(-n2cccc2)c1)c1ccccc1. The molecule has 4 heteroatoms. The molecule has 4 nitrogen and oxygen atoms in total. The van der Waals surface area contributed by atoms with Crippen LogP contribution in [0, 0.1) is 0 Å². The Kier molecular flexibility index (Phi) is 5.31. The summed E-state index contributed by atoms with van der Waals surface area (Å²) in [7, 11) is 4.05. The third kappa shape index (κ3) is 4.17. The number of amides is 1. The van der Waals surface area contributed by atoms with Crippen LogP contribution in [-0.4, -0.2) is 36.0 Å². The normalized spacial score (nSPS) is 12.1. The number of aromatic nitrogens is 1. The highest BCUT2D eigenvalue weighted by Gasteiger charge is 2.15. The Morgan fingerprint density at radius 1 is 1.00 bits per heavy atom. The van der Waals surface area contributed by atoms with Crippen LogP contribution < -0.4 is 5.32 Å². The minimum absolute atomic E-state index is 0.0585. The average molecular weight is 333 g/mol. The minimum Gasteiger partial charge on any atom is -0.350 e. The summed E-state index contributed by atoms with van der Waals surface area (Å²) < 4.78 is 1.99. The molecule has 0 fully saturated rings. The highest BCUT2D eigenvalue weighted by molar-refractivity contribution is 5.94. The van der Waals surface area contributed by atoms with Crippen LogP contribution in [0.25, 0.3) is 5.69 Å². The maximum Gasteiger partial charge on any atom is 0.251 e. The van der Waals surface area contributed by atoms with Gasteiger partial charge < -0.3 is 14.8 Å². The highest BCUT2D eigenvalue weighted by atomic mass is 16.1. The highest BCUT2D eigenvalue weighted by Crippen LogP contribution is 2.17. The zero-order chi connectivity index (χ0) is 17.6. The van der Waals surface area contributed by atoms with Crippen LogP contribution in [0.2, 0.25) is 0 Å². The van der Waals surface area contributed by atoms with E-state index in [1.54, 1.807) is 0 Å². The Balaban J connectivity index is 1.71.